The molecule has 0 spiro atoms. The molecule has 6 heteroatoms. The molecular weight excluding hydrogens is 266 g/mol. The van der Waals surface area contributed by atoms with Gasteiger partial charge in [0, 0.05) is 19.1 Å². The summed E-state index contributed by atoms with van der Waals surface area (Å²) in [6, 6.07) is 4.29. The van der Waals surface area contributed by atoms with Crippen LogP contribution < -0.4 is 16.6 Å². The van der Waals surface area contributed by atoms with Crippen LogP contribution in [-0.4, -0.2) is 40.5 Å². The van der Waals surface area contributed by atoms with Crippen molar-refractivity contribution in [3.63, 3.8) is 0 Å². The predicted molar refractivity (Wildman–Crippen MR) is 85.5 cm³/mol. The van der Waals surface area contributed by atoms with Crippen molar-refractivity contribution >= 4 is 22.3 Å². The van der Waals surface area contributed by atoms with E-state index in [9.17, 15) is 4.79 Å². The molecule has 0 aliphatic heterocycles. The molecule has 1 saturated carbocycles. The molecule has 0 radical (unpaired) electrons. The third-order valence-electron chi connectivity index (χ3n) is 4.00. The number of nitrogens with one attached hydrogen (secondary N) is 2. The first-order valence-corrected chi connectivity index (χ1v) is 7.44. The molecule has 4 N–H and O–H groups in total. The SMILES string of the molecule is CCN(CCNc1cc2nc[nH]c(=O)c2cc1N)C1CC1. The molecule has 0 amide bonds. The summed E-state index contributed by atoms with van der Waals surface area (Å²) in [6.07, 6.45) is 4.05. The summed E-state index contributed by atoms with van der Waals surface area (Å²) in [5.74, 6) is 0. The lowest BCUT2D eigenvalue weighted by atomic mass is 10.2. The molecule has 1 fully saturated rings. The van der Waals surface area contributed by atoms with Crippen molar-refractivity contribution in [2.24, 2.45) is 0 Å². The van der Waals surface area contributed by atoms with Gasteiger partial charge < -0.3 is 16.0 Å². The lowest BCUT2D eigenvalue weighted by Crippen LogP contribution is -2.31. The Labute approximate surface area is 123 Å². The van der Waals surface area contributed by atoms with Crippen LogP contribution in [0.1, 0.15) is 19.8 Å². The Morgan fingerprint density at radius 2 is 2.29 bits per heavy atom. The minimum atomic E-state index is -0.163. The van der Waals surface area contributed by atoms with Gasteiger partial charge in [-0.15, -0.1) is 0 Å². The third-order valence-corrected chi connectivity index (χ3v) is 4.00. The topological polar surface area (TPSA) is 87.0 Å². The number of nitrogen functional groups attached to an aromatic ring is 1. The van der Waals surface area contributed by atoms with Crippen LogP contribution >= 0.6 is 0 Å². The number of hydrogen-bond donors (Lipinski definition) is 3. The number of rotatable bonds is 6. The molecular formula is C15H21N5O. The number of aromatic nitrogens is 2. The smallest absolute Gasteiger partial charge is 0.258 e. The maximum atomic E-state index is 11.7. The first-order valence-electron chi connectivity index (χ1n) is 7.44. The lowest BCUT2D eigenvalue weighted by Gasteiger charge is -2.20. The monoisotopic (exact) mass is 287 g/mol. The van der Waals surface area contributed by atoms with E-state index in [0.29, 0.717) is 16.6 Å². The zero-order valence-corrected chi connectivity index (χ0v) is 12.2. The van der Waals surface area contributed by atoms with Gasteiger partial charge in [0.1, 0.15) is 0 Å². The second-order valence-electron chi connectivity index (χ2n) is 5.47. The molecule has 1 aromatic heterocycles. The molecule has 1 aliphatic rings. The minimum absolute atomic E-state index is 0.163. The second-order valence-corrected chi connectivity index (χ2v) is 5.47. The van der Waals surface area contributed by atoms with E-state index >= 15 is 0 Å². The Morgan fingerprint density at radius 3 is 3.00 bits per heavy atom. The number of likely N-dealkylation sites (N-methyl/N-ethyl adjacent to an activating group) is 1. The molecule has 3 rings (SSSR count). The average Bonchev–Trinajstić information content (AvgIpc) is 3.30. The van der Waals surface area contributed by atoms with E-state index in [2.05, 4.69) is 27.1 Å². The first-order chi connectivity index (χ1) is 10.2. The normalized spacial score (nSPS) is 14.8. The highest BCUT2D eigenvalue weighted by molar-refractivity contribution is 5.88. The van der Waals surface area contributed by atoms with E-state index in [1.54, 1.807) is 6.07 Å². The summed E-state index contributed by atoms with van der Waals surface area (Å²) in [4.78, 5) is 20.9. The number of nitrogens with two attached hydrogens (primary N) is 1. The largest absolute Gasteiger partial charge is 0.397 e. The van der Waals surface area contributed by atoms with Crippen molar-refractivity contribution in [1.29, 1.82) is 0 Å². The molecule has 6 nitrogen and oxygen atoms in total. The van der Waals surface area contributed by atoms with E-state index in [1.165, 1.54) is 19.2 Å². The first kappa shape index (κ1) is 13.9. The van der Waals surface area contributed by atoms with E-state index < -0.39 is 0 Å². The fraction of sp³-hybridized carbons (Fsp3) is 0.467. The highest BCUT2D eigenvalue weighted by Gasteiger charge is 2.27. The van der Waals surface area contributed by atoms with Crippen LogP contribution in [0.5, 0.6) is 0 Å². The van der Waals surface area contributed by atoms with Gasteiger partial charge in [-0.05, 0) is 31.5 Å². The minimum Gasteiger partial charge on any atom is -0.397 e. The number of hydrogen-bond acceptors (Lipinski definition) is 5. The summed E-state index contributed by atoms with van der Waals surface area (Å²) in [5.41, 5.74) is 7.93. The number of fused-ring (bicyclic) bond motifs is 1. The van der Waals surface area contributed by atoms with Crippen LogP contribution in [-0.2, 0) is 0 Å². The molecule has 0 saturated heterocycles. The highest BCUT2D eigenvalue weighted by Crippen LogP contribution is 2.26. The highest BCUT2D eigenvalue weighted by atomic mass is 16.1. The molecule has 1 aliphatic carbocycles. The van der Waals surface area contributed by atoms with Crippen molar-refractivity contribution in [1.82, 2.24) is 14.9 Å². The fourth-order valence-corrected chi connectivity index (χ4v) is 2.66. The maximum absolute atomic E-state index is 11.7. The molecule has 112 valence electrons. The summed E-state index contributed by atoms with van der Waals surface area (Å²) in [7, 11) is 0. The Bertz CT molecular complexity index is 692. The van der Waals surface area contributed by atoms with E-state index in [4.69, 9.17) is 5.73 Å². The zero-order valence-electron chi connectivity index (χ0n) is 12.2. The molecule has 1 aromatic carbocycles. The Balaban J connectivity index is 1.71. The number of benzene rings is 1. The summed E-state index contributed by atoms with van der Waals surface area (Å²) in [6.45, 7) is 5.11. The number of anilines is 2. The second kappa shape index (κ2) is 5.73. The third kappa shape index (κ3) is 3.00. The Hall–Kier alpha value is -2.08. The average molecular weight is 287 g/mol. The Kier molecular flexibility index (Phi) is 3.79. The lowest BCUT2D eigenvalue weighted by molar-refractivity contribution is 0.289. The van der Waals surface area contributed by atoms with Crippen LogP contribution in [0.2, 0.25) is 0 Å². The predicted octanol–water partition coefficient (Wildman–Crippen LogP) is 1.40. The van der Waals surface area contributed by atoms with Crippen LogP contribution in [0.4, 0.5) is 11.4 Å². The molecule has 0 unspecified atom stereocenters. The molecule has 1 heterocycles. The van der Waals surface area contributed by atoms with Gasteiger partial charge in [-0.3, -0.25) is 9.69 Å². The van der Waals surface area contributed by atoms with Crippen LogP contribution in [0.3, 0.4) is 0 Å². The zero-order chi connectivity index (χ0) is 14.8. The molecule has 0 atom stereocenters. The van der Waals surface area contributed by atoms with Gasteiger partial charge in [0.2, 0.25) is 0 Å². The number of H-pyrrole nitrogens is 1. The molecule has 21 heavy (non-hydrogen) atoms. The van der Waals surface area contributed by atoms with Crippen molar-refractivity contribution in [3.05, 3.63) is 28.8 Å². The van der Waals surface area contributed by atoms with E-state index in [-0.39, 0.29) is 5.56 Å². The van der Waals surface area contributed by atoms with Crippen LogP contribution in [0.25, 0.3) is 10.9 Å². The van der Waals surface area contributed by atoms with Gasteiger partial charge in [0.25, 0.3) is 5.56 Å². The van der Waals surface area contributed by atoms with Gasteiger partial charge in [-0.2, -0.15) is 0 Å². The summed E-state index contributed by atoms with van der Waals surface area (Å²) >= 11 is 0. The summed E-state index contributed by atoms with van der Waals surface area (Å²) < 4.78 is 0. The quantitative estimate of drug-likeness (QED) is 0.699. The van der Waals surface area contributed by atoms with Gasteiger partial charge >= 0.3 is 0 Å². The standard InChI is InChI=1S/C15H21N5O/c1-2-20(10-3-4-10)6-5-17-14-8-13-11(7-12(14)16)15(21)19-9-18-13/h7-10,17H,2-6,16H2,1H3,(H,18,19,21). The van der Waals surface area contributed by atoms with Gasteiger partial charge in [-0.25, -0.2) is 4.98 Å². The van der Waals surface area contributed by atoms with Crippen molar-refractivity contribution < 1.29 is 0 Å². The molecule has 2 aromatic rings. The van der Waals surface area contributed by atoms with E-state index in [1.807, 2.05) is 6.07 Å². The maximum Gasteiger partial charge on any atom is 0.258 e. The van der Waals surface area contributed by atoms with Gasteiger partial charge in [-0.1, -0.05) is 6.92 Å². The van der Waals surface area contributed by atoms with Gasteiger partial charge in [0.05, 0.1) is 28.6 Å². The summed E-state index contributed by atoms with van der Waals surface area (Å²) in [5, 5.41) is 3.88. The number of aromatic amines is 1. The van der Waals surface area contributed by atoms with Crippen LogP contribution in [0.15, 0.2) is 23.3 Å². The molecule has 0 bridgehead atoms. The van der Waals surface area contributed by atoms with E-state index in [0.717, 1.165) is 31.4 Å². The van der Waals surface area contributed by atoms with Crippen molar-refractivity contribution in [2.75, 3.05) is 30.7 Å². The fourth-order valence-electron chi connectivity index (χ4n) is 2.66. The van der Waals surface area contributed by atoms with Crippen molar-refractivity contribution in [3.8, 4) is 0 Å². The number of nitrogens with zero attached hydrogens (tertiary/aromatic N) is 2. The Morgan fingerprint density at radius 1 is 1.48 bits per heavy atom. The van der Waals surface area contributed by atoms with Crippen molar-refractivity contribution in [2.45, 2.75) is 25.8 Å². The van der Waals surface area contributed by atoms with Gasteiger partial charge in [0.15, 0.2) is 0 Å². The van der Waals surface area contributed by atoms with Crippen LogP contribution in [0, 0.1) is 0 Å².